The number of halogens is 2. The summed E-state index contributed by atoms with van der Waals surface area (Å²) < 4.78 is 0. The van der Waals surface area contributed by atoms with E-state index in [1.807, 2.05) is 6.07 Å². The highest BCUT2D eigenvalue weighted by Crippen LogP contribution is 2.34. The second kappa shape index (κ2) is 4.40. The van der Waals surface area contributed by atoms with Crippen LogP contribution < -0.4 is 0 Å². The van der Waals surface area contributed by atoms with Crippen molar-refractivity contribution in [3.8, 4) is 0 Å². The summed E-state index contributed by atoms with van der Waals surface area (Å²) in [7, 11) is 0. The Morgan fingerprint density at radius 2 is 2.08 bits per heavy atom. The van der Waals surface area contributed by atoms with Crippen molar-refractivity contribution >= 4 is 35.0 Å². The molecule has 65 valence electrons. The van der Waals surface area contributed by atoms with Gasteiger partial charge in [-0.3, -0.25) is 0 Å². The molecule has 0 aliphatic carbocycles. The van der Waals surface area contributed by atoms with Gasteiger partial charge in [0.1, 0.15) is 0 Å². The third-order valence-corrected chi connectivity index (χ3v) is 3.18. The van der Waals surface area contributed by atoms with Gasteiger partial charge in [-0.15, -0.1) is 11.8 Å². The predicted octanol–water partition coefficient (Wildman–Crippen LogP) is 4.29. The molecule has 0 aromatic heterocycles. The lowest BCUT2D eigenvalue weighted by Gasteiger charge is -2.06. The fourth-order valence-corrected chi connectivity index (χ4v) is 2.11. The standard InChI is InChI=1S/C9H9Cl2S/c1-6(2)12-8-5-3-4-7(10)9(8)11/h3,5-6H,1-2H3. The summed E-state index contributed by atoms with van der Waals surface area (Å²) in [6, 6.07) is 6.55. The SMILES string of the molecule is CC(C)Sc1cc[c]c(Cl)c1Cl. The molecule has 0 fully saturated rings. The van der Waals surface area contributed by atoms with Gasteiger partial charge >= 0.3 is 0 Å². The predicted molar refractivity (Wildman–Crippen MR) is 56.3 cm³/mol. The maximum Gasteiger partial charge on any atom is 0.0734 e. The lowest BCUT2D eigenvalue weighted by molar-refractivity contribution is 1.11. The molecule has 0 saturated heterocycles. The van der Waals surface area contributed by atoms with Crippen LogP contribution in [0.2, 0.25) is 10.0 Å². The summed E-state index contributed by atoms with van der Waals surface area (Å²) in [4.78, 5) is 1.02. The Morgan fingerprint density at radius 1 is 1.42 bits per heavy atom. The number of thioether (sulfide) groups is 1. The summed E-state index contributed by atoms with van der Waals surface area (Å²) in [5.41, 5.74) is 0. The molecule has 1 rings (SSSR count). The third kappa shape index (κ3) is 2.58. The minimum Gasteiger partial charge on any atom is -0.122 e. The first-order valence-corrected chi connectivity index (χ1v) is 5.27. The summed E-state index contributed by atoms with van der Waals surface area (Å²) in [5, 5.41) is 1.63. The molecule has 0 atom stereocenters. The highest BCUT2D eigenvalue weighted by Gasteiger charge is 2.06. The summed E-state index contributed by atoms with van der Waals surface area (Å²) in [5.74, 6) is 0. The van der Waals surface area contributed by atoms with Gasteiger partial charge < -0.3 is 0 Å². The van der Waals surface area contributed by atoms with Gasteiger partial charge in [0.15, 0.2) is 0 Å². The highest BCUT2D eigenvalue weighted by molar-refractivity contribution is 8.00. The Kier molecular flexibility index (Phi) is 3.76. The van der Waals surface area contributed by atoms with E-state index < -0.39 is 0 Å². The number of hydrogen-bond acceptors (Lipinski definition) is 1. The van der Waals surface area contributed by atoms with E-state index in [4.69, 9.17) is 23.2 Å². The van der Waals surface area contributed by atoms with Crippen molar-refractivity contribution in [1.29, 1.82) is 0 Å². The first-order valence-electron chi connectivity index (χ1n) is 3.63. The van der Waals surface area contributed by atoms with Crippen LogP contribution in [-0.2, 0) is 0 Å². The van der Waals surface area contributed by atoms with E-state index in [0.29, 0.717) is 15.3 Å². The largest absolute Gasteiger partial charge is 0.122 e. The molecule has 0 amide bonds. The number of benzene rings is 1. The van der Waals surface area contributed by atoms with Crippen molar-refractivity contribution in [1.82, 2.24) is 0 Å². The van der Waals surface area contributed by atoms with Crippen LogP contribution in [0.25, 0.3) is 0 Å². The average Bonchev–Trinajstić information content (AvgIpc) is 1.98. The average molecular weight is 220 g/mol. The maximum atomic E-state index is 5.95. The third-order valence-electron chi connectivity index (χ3n) is 1.22. The van der Waals surface area contributed by atoms with E-state index in [0.717, 1.165) is 4.90 Å². The highest BCUT2D eigenvalue weighted by atomic mass is 35.5. The van der Waals surface area contributed by atoms with Crippen molar-refractivity contribution < 1.29 is 0 Å². The normalized spacial score (nSPS) is 10.8. The minimum absolute atomic E-state index is 0.502. The fraction of sp³-hybridized carbons (Fsp3) is 0.333. The van der Waals surface area contributed by atoms with Crippen molar-refractivity contribution in [2.75, 3.05) is 0 Å². The Hall–Kier alpha value is 0.150. The monoisotopic (exact) mass is 219 g/mol. The molecule has 0 N–H and O–H groups in total. The van der Waals surface area contributed by atoms with Crippen LogP contribution in [0, 0.1) is 6.07 Å². The summed E-state index contributed by atoms with van der Waals surface area (Å²) in [6.07, 6.45) is 0. The van der Waals surface area contributed by atoms with Gasteiger partial charge in [0.2, 0.25) is 0 Å². The smallest absolute Gasteiger partial charge is 0.0734 e. The van der Waals surface area contributed by atoms with E-state index in [1.54, 1.807) is 17.8 Å². The van der Waals surface area contributed by atoms with Gasteiger partial charge in [0.25, 0.3) is 0 Å². The van der Waals surface area contributed by atoms with Gasteiger partial charge in [0, 0.05) is 16.2 Å². The summed E-state index contributed by atoms with van der Waals surface area (Å²) >= 11 is 13.5. The molecule has 0 unspecified atom stereocenters. The van der Waals surface area contributed by atoms with Crippen molar-refractivity contribution in [2.24, 2.45) is 0 Å². The van der Waals surface area contributed by atoms with Gasteiger partial charge in [-0.1, -0.05) is 43.1 Å². The number of hydrogen-bond donors (Lipinski definition) is 0. The molecule has 0 spiro atoms. The fourth-order valence-electron chi connectivity index (χ4n) is 0.780. The maximum absolute atomic E-state index is 5.95. The molecule has 0 aliphatic heterocycles. The van der Waals surface area contributed by atoms with Crippen LogP contribution in [0.15, 0.2) is 17.0 Å². The molecule has 3 heteroatoms. The van der Waals surface area contributed by atoms with Crippen LogP contribution >= 0.6 is 35.0 Å². The molecule has 12 heavy (non-hydrogen) atoms. The molecular weight excluding hydrogens is 211 g/mol. The molecule has 1 aromatic carbocycles. The first kappa shape index (κ1) is 10.2. The molecule has 0 aliphatic rings. The topological polar surface area (TPSA) is 0 Å². The zero-order chi connectivity index (χ0) is 9.14. The minimum atomic E-state index is 0.502. The van der Waals surface area contributed by atoms with E-state index in [9.17, 15) is 0 Å². The zero-order valence-electron chi connectivity index (χ0n) is 6.90. The lowest BCUT2D eigenvalue weighted by Crippen LogP contribution is -1.86. The van der Waals surface area contributed by atoms with Gasteiger partial charge in [0.05, 0.1) is 10.0 Å². The number of rotatable bonds is 2. The van der Waals surface area contributed by atoms with Crippen LogP contribution in [0.4, 0.5) is 0 Å². The summed E-state index contributed by atoms with van der Waals surface area (Å²) in [6.45, 7) is 4.23. The molecule has 1 radical (unpaired) electrons. The molecule has 0 bridgehead atoms. The Morgan fingerprint density at radius 3 is 2.67 bits per heavy atom. The lowest BCUT2D eigenvalue weighted by atomic mass is 10.4. The van der Waals surface area contributed by atoms with E-state index in [-0.39, 0.29) is 0 Å². The van der Waals surface area contributed by atoms with E-state index >= 15 is 0 Å². The van der Waals surface area contributed by atoms with Crippen molar-refractivity contribution in [3.05, 3.63) is 28.2 Å². The Labute approximate surface area is 87.3 Å². The second-order valence-corrected chi connectivity index (χ2v) is 5.01. The first-order chi connectivity index (χ1) is 5.61. The molecular formula is C9H9Cl2S. The zero-order valence-corrected chi connectivity index (χ0v) is 9.22. The quantitative estimate of drug-likeness (QED) is 0.670. The molecule has 0 heterocycles. The van der Waals surface area contributed by atoms with Crippen molar-refractivity contribution in [2.45, 2.75) is 24.0 Å². The van der Waals surface area contributed by atoms with E-state index in [2.05, 4.69) is 19.9 Å². The van der Waals surface area contributed by atoms with Crippen molar-refractivity contribution in [3.63, 3.8) is 0 Å². The van der Waals surface area contributed by atoms with Crippen LogP contribution in [0.5, 0.6) is 0 Å². The van der Waals surface area contributed by atoms with E-state index in [1.165, 1.54) is 0 Å². The molecule has 0 saturated carbocycles. The Bertz CT molecular complexity index is 271. The van der Waals surface area contributed by atoms with Gasteiger partial charge in [-0.25, -0.2) is 0 Å². The van der Waals surface area contributed by atoms with Crippen LogP contribution in [0.1, 0.15) is 13.8 Å². The van der Waals surface area contributed by atoms with Crippen LogP contribution in [-0.4, -0.2) is 5.25 Å². The van der Waals surface area contributed by atoms with Crippen LogP contribution in [0.3, 0.4) is 0 Å². The van der Waals surface area contributed by atoms with Gasteiger partial charge in [-0.05, 0) is 6.07 Å². The second-order valence-electron chi connectivity index (χ2n) is 2.64. The molecule has 1 aromatic rings. The molecule has 0 nitrogen and oxygen atoms in total. The Balaban J connectivity index is 2.92. The van der Waals surface area contributed by atoms with Gasteiger partial charge in [-0.2, -0.15) is 0 Å².